The van der Waals surface area contributed by atoms with Crippen molar-refractivity contribution in [2.75, 3.05) is 0 Å². The fourth-order valence-electron chi connectivity index (χ4n) is 0.548. The molecule has 0 saturated heterocycles. The first kappa shape index (κ1) is 9.06. The van der Waals surface area contributed by atoms with Gasteiger partial charge in [-0.15, -0.1) is 0 Å². The van der Waals surface area contributed by atoms with E-state index in [1.165, 1.54) is 12.3 Å². The molecule has 0 unspecified atom stereocenters. The SMILES string of the molecule is FC(F)c1cc(Br)c(Br)cn1. The zero-order valence-corrected chi connectivity index (χ0v) is 8.36. The van der Waals surface area contributed by atoms with E-state index in [0.717, 1.165) is 0 Å². The molecule has 0 radical (unpaired) electrons. The number of hydrogen-bond acceptors (Lipinski definition) is 1. The number of pyridine rings is 1. The average molecular weight is 287 g/mol. The molecule has 1 rings (SSSR count). The number of aromatic nitrogens is 1. The largest absolute Gasteiger partial charge is 0.280 e. The Hall–Kier alpha value is -0.0300. The smallest absolute Gasteiger partial charge is 0.254 e. The molecule has 1 heterocycles. The predicted molar refractivity (Wildman–Crippen MR) is 44.6 cm³/mol. The molecular weight excluding hydrogens is 284 g/mol. The Balaban J connectivity index is 3.05. The molecule has 0 fully saturated rings. The summed E-state index contributed by atoms with van der Waals surface area (Å²) in [5, 5.41) is 0. The van der Waals surface area contributed by atoms with Crippen LogP contribution in [0.3, 0.4) is 0 Å². The summed E-state index contributed by atoms with van der Waals surface area (Å²) in [6.45, 7) is 0. The maximum Gasteiger partial charge on any atom is 0.280 e. The van der Waals surface area contributed by atoms with Gasteiger partial charge in [-0.1, -0.05) is 0 Å². The van der Waals surface area contributed by atoms with Gasteiger partial charge in [0.1, 0.15) is 5.69 Å². The highest BCUT2D eigenvalue weighted by Crippen LogP contribution is 2.26. The summed E-state index contributed by atoms with van der Waals surface area (Å²) in [6, 6.07) is 1.29. The molecule has 0 atom stereocenters. The first-order chi connectivity index (χ1) is 5.11. The van der Waals surface area contributed by atoms with Crippen LogP contribution in [-0.4, -0.2) is 4.98 Å². The molecule has 0 aliphatic heterocycles. The third-order valence-electron chi connectivity index (χ3n) is 1.05. The number of rotatable bonds is 1. The lowest BCUT2D eigenvalue weighted by molar-refractivity contribution is 0.146. The van der Waals surface area contributed by atoms with Gasteiger partial charge in [-0.3, -0.25) is 4.98 Å². The fourth-order valence-corrected chi connectivity index (χ4v) is 1.10. The lowest BCUT2D eigenvalue weighted by atomic mass is 10.4. The van der Waals surface area contributed by atoms with Gasteiger partial charge >= 0.3 is 0 Å². The molecule has 0 aliphatic rings. The average Bonchev–Trinajstić information content (AvgIpc) is 1.94. The van der Waals surface area contributed by atoms with E-state index in [1.54, 1.807) is 0 Å². The third kappa shape index (κ3) is 2.20. The van der Waals surface area contributed by atoms with Gasteiger partial charge < -0.3 is 0 Å². The number of hydrogen-bond donors (Lipinski definition) is 0. The summed E-state index contributed by atoms with van der Waals surface area (Å²) in [5.41, 5.74) is -0.222. The van der Waals surface area contributed by atoms with Crippen LogP contribution in [0.5, 0.6) is 0 Å². The van der Waals surface area contributed by atoms with Gasteiger partial charge in [-0.05, 0) is 37.9 Å². The van der Waals surface area contributed by atoms with E-state index in [2.05, 4.69) is 36.8 Å². The van der Waals surface area contributed by atoms with Crippen molar-refractivity contribution in [2.45, 2.75) is 6.43 Å². The van der Waals surface area contributed by atoms with E-state index < -0.39 is 6.43 Å². The molecule has 5 heteroatoms. The first-order valence-electron chi connectivity index (χ1n) is 2.70. The normalized spacial score (nSPS) is 10.6. The van der Waals surface area contributed by atoms with Crippen LogP contribution in [0, 0.1) is 0 Å². The maximum atomic E-state index is 12.0. The highest BCUT2D eigenvalue weighted by atomic mass is 79.9. The van der Waals surface area contributed by atoms with Crippen LogP contribution in [0.4, 0.5) is 8.78 Å². The van der Waals surface area contributed by atoms with E-state index >= 15 is 0 Å². The van der Waals surface area contributed by atoms with E-state index in [9.17, 15) is 8.78 Å². The minimum atomic E-state index is -2.51. The van der Waals surface area contributed by atoms with E-state index in [4.69, 9.17) is 0 Å². The van der Waals surface area contributed by atoms with Crippen LogP contribution >= 0.6 is 31.9 Å². The molecule has 11 heavy (non-hydrogen) atoms. The van der Waals surface area contributed by atoms with Crippen LogP contribution in [0.15, 0.2) is 21.2 Å². The van der Waals surface area contributed by atoms with Crippen molar-refractivity contribution in [2.24, 2.45) is 0 Å². The minimum Gasteiger partial charge on any atom is -0.254 e. The van der Waals surface area contributed by atoms with Crippen LogP contribution in [0.1, 0.15) is 12.1 Å². The lowest BCUT2D eigenvalue weighted by Gasteiger charge is -1.99. The Morgan fingerprint density at radius 1 is 1.27 bits per heavy atom. The maximum absolute atomic E-state index is 12.0. The molecule has 1 aromatic rings. The van der Waals surface area contributed by atoms with Crippen LogP contribution < -0.4 is 0 Å². The second kappa shape index (κ2) is 3.58. The summed E-state index contributed by atoms with van der Waals surface area (Å²) in [6.07, 6.45) is -1.18. The quantitative estimate of drug-likeness (QED) is 0.769. The molecule has 0 aromatic carbocycles. The second-order valence-corrected chi connectivity index (χ2v) is 3.53. The van der Waals surface area contributed by atoms with Crippen LogP contribution in [0.2, 0.25) is 0 Å². The van der Waals surface area contributed by atoms with Crippen LogP contribution in [0.25, 0.3) is 0 Å². The van der Waals surface area contributed by atoms with E-state index in [0.29, 0.717) is 8.95 Å². The molecular formula is C6H3Br2F2N. The van der Waals surface area contributed by atoms with Crippen LogP contribution in [-0.2, 0) is 0 Å². The molecule has 0 aliphatic carbocycles. The highest BCUT2D eigenvalue weighted by molar-refractivity contribution is 9.13. The Kier molecular flexibility index (Phi) is 2.95. The highest BCUT2D eigenvalue weighted by Gasteiger charge is 2.09. The molecule has 1 aromatic heterocycles. The van der Waals surface area contributed by atoms with Crippen molar-refractivity contribution in [3.8, 4) is 0 Å². The monoisotopic (exact) mass is 285 g/mol. The molecule has 0 N–H and O–H groups in total. The van der Waals surface area contributed by atoms with Crippen molar-refractivity contribution in [1.29, 1.82) is 0 Å². The minimum absolute atomic E-state index is 0.222. The van der Waals surface area contributed by atoms with Gasteiger partial charge in [-0.2, -0.15) is 0 Å². The first-order valence-corrected chi connectivity index (χ1v) is 4.29. The van der Waals surface area contributed by atoms with Gasteiger partial charge in [0.2, 0.25) is 0 Å². The molecule has 1 nitrogen and oxygen atoms in total. The second-order valence-electron chi connectivity index (χ2n) is 1.82. The van der Waals surface area contributed by atoms with Gasteiger partial charge in [0.15, 0.2) is 0 Å². The van der Waals surface area contributed by atoms with Gasteiger partial charge in [-0.25, -0.2) is 8.78 Å². The molecule has 0 amide bonds. The van der Waals surface area contributed by atoms with Crippen molar-refractivity contribution >= 4 is 31.9 Å². The molecule has 0 spiro atoms. The predicted octanol–water partition coefficient (Wildman–Crippen LogP) is 3.54. The van der Waals surface area contributed by atoms with Crippen molar-refractivity contribution in [3.05, 3.63) is 26.9 Å². The summed E-state index contributed by atoms with van der Waals surface area (Å²) < 4.78 is 25.2. The van der Waals surface area contributed by atoms with Crippen molar-refractivity contribution in [3.63, 3.8) is 0 Å². The van der Waals surface area contributed by atoms with E-state index in [1.807, 2.05) is 0 Å². The number of alkyl halides is 2. The Bertz CT molecular complexity index is 265. The Labute approximate surface area is 79.1 Å². The molecule has 60 valence electrons. The van der Waals surface area contributed by atoms with Gasteiger partial charge in [0, 0.05) is 10.7 Å². The number of halogens is 4. The summed E-state index contributed by atoms with van der Waals surface area (Å²) in [4.78, 5) is 3.51. The standard InChI is InChI=1S/C6H3Br2F2N/c7-3-1-5(6(9)10)11-2-4(3)8/h1-2,6H. The third-order valence-corrected chi connectivity index (χ3v) is 2.87. The Morgan fingerprint density at radius 2 is 1.91 bits per heavy atom. The number of nitrogens with zero attached hydrogens (tertiary/aromatic N) is 1. The summed E-state index contributed by atoms with van der Waals surface area (Å²) >= 11 is 6.22. The molecule has 0 saturated carbocycles. The van der Waals surface area contributed by atoms with Crippen molar-refractivity contribution in [1.82, 2.24) is 4.98 Å². The van der Waals surface area contributed by atoms with E-state index in [-0.39, 0.29) is 5.69 Å². The zero-order valence-electron chi connectivity index (χ0n) is 5.19. The van der Waals surface area contributed by atoms with Gasteiger partial charge in [0.25, 0.3) is 6.43 Å². The lowest BCUT2D eigenvalue weighted by Crippen LogP contribution is -1.88. The Morgan fingerprint density at radius 3 is 2.36 bits per heavy atom. The molecule has 0 bridgehead atoms. The fraction of sp³-hybridized carbons (Fsp3) is 0.167. The summed E-state index contributed by atoms with van der Waals surface area (Å²) in [7, 11) is 0. The zero-order chi connectivity index (χ0) is 8.43. The van der Waals surface area contributed by atoms with Gasteiger partial charge in [0.05, 0.1) is 4.47 Å². The topological polar surface area (TPSA) is 12.9 Å². The summed E-state index contributed by atoms with van der Waals surface area (Å²) in [5.74, 6) is 0. The van der Waals surface area contributed by atoms with Crippen molar-refractivity contribution < 1.29 is 8.78 Å².